The molecule has 0 radical (unpaired) electrons. The molecule has 1 fully saturated rings. The summed E-state index contributed by atoms with van der Waals surface area (Å²) in [7, 11) is 2.05. The van der Waals surface area contributed by atoms with E-state index in [1.54, 1.807) is 0 Å². The molecule has 0 aliphatic heterocycles. The van der Waals surface area contributed by atoms with Crippen molar-refractivity contribution in [3.63, 3.8) is 0 Å². The Kier molecular flexibility index (Phi) is 5.50. The standard InChI is InChI=1S/C16H28ClN3/c1-5-20-16(15(17)10-19-20)14-8-12(11(2)3)6-7-13(14)9-18-4/h10-14,18H,5-9H2,1-4H3. The number of rotatable bonds is 5. The summed E-state index contributed by atoms with van der Waals surface area (Å²) in [4.78, 5) is 0. The molecular formula is C16H28ClN3. The first-order valence-corrected chi connectivity index (χ1v) is 8.32. The van der Waals surface area contributed by atoms with E-state index < -0.39 is 0 Å². The fraction of sp³-hybridized carbons (Fsp3) is 0.812. The lowest BCUT2D eigenvalue weighted by molar-refractivity contribution is 0.186. The highest BCUT2D eigenvalue weighted by molar-refractivity contribution is 6.31. The fourth-order valence-electron chi connectivity index (χ4n) is 3.71. The Morgan fingerprint density at radius 3 is 2.80 bits per heavy atom. The summed E-state index contributed by atoms with van der Waals surface area (Å²) in [6.07, 6.45) is 5.70. The van der Waals surface area contributed by atoms with Crippen LogP contribution in [0.1, 0.15) is 51.6 Å². The monoisotopic (exact) mass is 297 g/mol. The van der Waals surface area contributed by atoms with Gasteiger partial charge in [0.25, 0.3) is 0 Å². The number of aromatic nitrogens is 2. The normalized spacial score (nSPS) is 27.2. The van der Waals surface area contributed by atoms with Gasteiger partial charge in [-0.05, 0) is 57.5 Å². The van der Waals surface area contributed by atoms with Crippen LogP contribution in [0, 0.1) is 17.8 Å². The summed E-state index contributed by atoms with van der Waals surface area (Å²) in [6.45, 7) is 8.80. The first-order chi connectivity index (χ1) is 9.58. The van der Waals surface area contributed by atoms with Crippen LogP contribution in [0.3, 0.4) is 0 Å². The van der Waals surface area contributed by atoms with Crippen LogP contribution in [0.5, 0.6) is 0 Å². The first kappa shape index (κ1) is 15.8. The maximum Gasteiger partial charge on any atom is 0.0820 e. The van der Waals surface area contributed by atoms with Gasteiger partial charge in [0, 0.05) is 12.5 Å². The maximum atomic E-state index is 6.45. The van der Waals surface area contributed by atoms with Gasteiger partial charge in [-0.3, -0.25) is 4.68 Å². The average molecular weight is 298 g/mol. The van der Waals surface area contributed by atoms with Gasteiger partial charge < -0.3 is 5.32 Å². The maximum absolute atomic E-state index is 6.45. The molecule has 1 aliphatic carbocycles. The molecule has 1 aromatic heterocycles. The van der Waals surface area contributed by atoms with Gasteiger partial charge in [-0.1, -0.05) is 25.4 Å². The van der Waals surface area contributed by atoms with Gasteiger partial charge in [0.2, 0.25) is 0 Å². The van der Waals surface area contributed by atoms with Gasteiger partial charge >= 0.3 is 0 Å². The van der Waals surface area contributed by atoms with Crippen molar-refractivity contribution in [1.82, 2.24) is 15.1 Å². The van der Waals surface area contributed by atoms with Crippen LogP contribution in [0.15, 0.2) is 6.20 Å². The van der Waals surface area contributed by atoms with E-state index in [1.165, 1.54) is 25.0 Å². The van der Waals surface area contributed by atoms with Gasteiger partial charge in [-0.2, -0.15) is 5.10 Å². The van der Waals surface area contributed by atoms with Crippen LogP contribution in [0.25, 0.3) is 0 Å². The molecule has 0 saturated heterocycles. The minimum absolute atomic E-state index is 0.540. The molecule has 2 rings (SSSR count). The molecule has 1 N–H and O–H groups in total. The second kappa shape index (κ2) is 6.95. The van der Waals surface area contributed by atoms with Crippen LogP contribution in [0.2, 0.25) is 5.02 Å². The number of hydrogen-bond acceptors (Lipinski definition) is 2. The minimum atomic E-state index is 0.540. The minimum Gasteiger partial charge on any atom is -0.319 e. The van der Waals surface area contributed by atoms with Crippen LogP contribution < -0.4 is 5.32 Å². The molecule has 1 saturated carbocycles. The van der Waals surface area contributed by atoms with Crippen LogP contribution in [-0.2, 0) is 6.54 Å². The van der Waals surface area contributed by atoms with Gasteiger partial charge in [0.05, 0.1) is 16.9 Å². The molecule has 1 aliphatic rings. The van der Waals surface area contributed by atoms with E-state index in [0.29, 0.717) is 11.8 Å². The molecule has 0 bridgehead atoms. The molecule has 3 unspecified atom stereocenters. The molecule has 1 heterocycles. The summed E-state index contributed by atoms with van der Waals surface area (Å²) in [6, 6.07) is 0. The SMILES string of the molecule is CCn1ncc(Cl)c1C1CC(C(C)C)CCC1CNC. The molecule has 4 heteroatoms. The third-order valence-electron chi connectivity index (χ3n) is 4.93. The largest absolute Gasteiger partial charge is 0.319 e. The molecular weight excluding hydrogens is 270 g/mol. The number of aryl methyl sites for hydroxylation is 1. The average Bonchev–Trinajstić information content (AvgIpc) is 2.80. The second-order valence-electron chi connectivity index (χ2n) is 6.43. The first-order valence-electron chi connectivity index (χ1n) is 7.94. The van der Waals surface area contributed by atoms with Gasteiger partial charge in [0.1, 0.15) is 0 Å². The van der Waals surface area contributed by atoms with Crippen molar-refractivity contribution in [2.45, 2.75) is 52.5 Å². The number of nitrogens with zero attached hydrogens (tertiary/aromatic N) is 2. The Morgan fingerprint density at radius 1 is 1.45 bits per heavy atom. The Morgan fingerprint density at radius 2 is 2.20 bits per heavy atom. The van der Waals surface area contributed by atoms with Crippen molar-refractivity contribution in [1.29, 1.82) is 0 Å². The van der Waals surface area contributed by atoms with Gasteiger partial charge in [0.15, 0.2) is 0 Å². The Hall–Kier alpha value is -0.540. The topological polar surface area (TPSA) is 29.9 Å². The molecule has 0 aromatic carbocycles. The van der Waals surface area contributed by atoms with E-state index in [2.05, 4.69) is 35.9 Å². The third kappa shape index (κ3) is 3.20. The van der Waals surface area contributed by atoms with Crippen molar-refractivity contribution in [2.24, 2.45) is 17.8 Å². The summed E-state index contributed by atoms with van der Waals surface area (Å²) in [5, 5.41) is 8.65. The summed E-state index contributed by atoms with van der Waals surface area (Å²) >= 11 is 6.45. The zero-order valence-electron chi connectivity index (χ0n) is 13.2. The van der Waals surface area contributed by atoms with Crippen molar-refractivity contribution in [3.05, 3.63) is 16.9 Å². The molecule has 0 spiro atoms. The lowest BCUT2D eigenvalue weighted by Gasteiger charge is -2.38. The number of halogens is 1. The zero-order valence-corrected chi connectivity index (χ0v) is 14.0. The van der Waals surface area contributed by atoms with E-state index in [9.17, 15) is 0 Å². The highest BCUT2D eigenvalue weighted by atomic mass is 35.5. The summed E-state index contributed by atoms with van der Waals surface area (Å²) in [5.41, 5.74) is 1.26. The molecule has 3 atom stereocenters. The molecule has 20 heavy (non-hydrogen) atoms. The van der Waals surface area contributed by atoms with Crippen LogP contribution >= 0.6 is 11.6 Å². The third-order valence-corrected chi connectivity index (χ3v) is 5.22. The van der Waals surface area contributed by atoms with Gasteiger partial charge in [-0.25, -0.2) is 0 Å². The van der Waals surface area contributed by atoms with Crippen LogP contribution in [-0.4, -0.2) is 23.4 Å². The second-order valence-corrected chi connectivity index (χ2v) is 6.84. The zero-order chi connectivity index (χ0) is 14.7. The quantitative estimate of drug-likeness (QED) is 0.892. The predicted octanol–water partition coefficient (Wildman–Crippen LogP) is 3.93. The molecule has 3 nitrogen and oxygen atoms in total. The lowest BCUT2D eigenvalue weighted by Crippen LogP contribution is -2.33. The van der Waals surface area contributed by atoms with Crippen molar-refractivity contribution in [3.8, 4) is 0 Å². The number of hydrogen-bond donors (Lipinski definition) is 1. The number of nitrogens with one attached hydrogen (secondary N) is 1. The highest BCUT2D eigenvalue weighted by Gasteiger charge is 2.35. The van der Waals surface area contributed by atoms with E-state index >= 15 is 0 Å². The molecule has 114 valence electrons. The Labute approximate surface area is 128 Å². The fourth-order valence-corrected chi connectivity index (χ4v) is 3.99. The predicted molar refractivity (Wildman–Crippen MR) is 85.2 cm³/mol. The summed E-state index contributed by atoms with van der Waals surface area (Å²) < 4.78 is 2.10. The van der Waals surface area contributed by atoms with E-state index in [0.717, 1.165) is 29.9 Å². The van der Waals surface area contributed by atoms with Gasteiger partial charge in [-0.15, -0.1) is 0 Å². The smallest absolute Gasteiger partial charge is 0.0820 e. The van der Waals surface area contributed by atoms with Crippen molar-refractivity contribution < 1.29 is 0 Å². The Bertz CT molecular complexity index is 427. The van der Waals surface area contributed by atoms with Crippen LogP contribution in [0.4, 0.5) is 0 Å². The lowest BCUT2D eigenvalue weighted by atomic mass is 9.69. The molecule has 0 amide bonds. The Balaban J connectivity index is 2.28. The van der Waals surface area contributed by atoms with E-state index in [-0.39, 0.29) is 0 Å². The summed E-state index contributed by atoms with van der Waals surface area (Å²) in [5.74, 6) is 2.78. The van der Waals surface area contributed by atoms with E-state index in [4.69, 9.17) is 11.6 Å². The van der Waals surface area contributed by atoms with E-state index in [1.807, 2.05) is 13.2 Å². The highest BCUT2D eigenvalue weighted by Crippen LogP contribution is 2.44. The molecule has 1 aromatic rings. The van der Waals surface area contributed by atoms with Crippen molar-refractivity contribution >= 4 is 11.6 Å². The van der Waals surface area contributed by atoms with Crippen molar-refractivity contribution in [2.75, 3.05) is 13.6 Å².